The van der Waals surface area contributed by atoms with E-state index in [1.807, 2.05) is 6.92 Å². The molecule has 5 rings (SSSR count). The number of nitrogens with zero attached hydrogens (tertiary/aromatic N) is 2. The Hall–Kier alpha value is -3.21. The van der Waals surface area contributed by atoms with Crippen LogP contribution in [0.15, 0.2) is 51.2 Å². The number of amides is 1. The molecule has 178 valence electrons. The molecule has 2 aliphatic rings. The van der Waals surface area contributed by atoms with Gasteiger partial charge in [-0.05, 0) is 41.8 Å². The lowest BCUT2D eigenvalue weighted by atomic mass is 9.78. The molecule has 3 aromatic rings. The van der Waals surface area contributed by atoms with Crippen LogP contribution in [0.1, 0.15) is 19.4 Å². The van der Waals surface area contributed by atoms with E-state index in [1.165, 1.54) is 29.8 Å². The largest absolute Gasteiger partial charge is 0.472 e. The number of aliphatic hydroxyl groups excluding tert-OH is 2. The number of furan rings is 1. The number of rotatable bonds is 6. The lowest BCUT2D eigenvalue weighted by Crippen LogP contribution is -2.63. The molecule has 1 saturated heterocycles. The van der Waals surface area contributed by atoms with Crippen LogP contribution in [0.2, 0.25) is 0 Å². The van der Waals surface area contributed by atoms with Crippen molar-refractivity contribution in [3.8, 4) is 11.1 Å². The van der Waals surface area contributed by atoms with Crippen molar-refractivity contribution in [2.24, 2.45) is 11.8 Å². The zero-order valence-corrected chi connectivity index (χ0v) is 19.7. The van der Waals surface area contributed by atoms with Crippen LogP contribution < -0.4 is 5.56 Å². The molecule has 2 aliphatic heterocycles. The zero-order valence-electron chi connectivity index (χ0n) is 18.8. The van der Waals surface area contributed by atoms with Crippen LogP contribution in [-0.2, 0) is 27.5 Å². The van der Waals surface area contributed by atoms with E-state index >= 15 is 0 Å². The fourth-order valence-electron chi connectivity index (χ4n) is 5.17. The Bertz CT molecular complexity index is 1380. The summed E-state index contributed by atoms with van der Waals surface area (Å²) >= 11 is 1.23. The Balaban J connectivity index is 1.59. The minimum atomic E-state index is -0.847. The van der Waals surface area contributed by atoms with Crippen molar-refractivity contribution >= 4 is 33.5 Å². The topological polar surface area (TPSA) is 122 Å². The first kappa shape index (κ1) is 22.6. The van der Waals surface area contributed by atoms with Crippen LogP contribution in [0.5, 0.6) is 0 Å². The van der Waals surface area contributed by atoms with Crippen LogP contribution in [0, 0.1) is 11.8 Å². The maximum absolute atomic E-state index is 13.3. The SMILES string of the molecule is COC(=O)C1=C(Cn2sc3cc(CO)c(-c4ccoc4)cc3c2=O)C(C)C2C(C(C)O)C(=O)N12. The fourth-order valence-corrected chi connectivity index (χ4v) is 6.24. The lowest BCUT2D eigenvalue weighted by molar-refractivity contribution is -0.163. The van der Waals surface area contributed by atoms with Crippen LogP contribution in [0.25, 0.3) is 21.2 Å². The highest BCUT2D eigenvalue weighted by atomic mass is 32.1. The second-order valence-electron chi connectivity index (χ2n) is 8.73. The summed E-state index contributed by atoms with van der Waals surface area (Å²) < 4.78 is 12.4. The number of aliphatic hydroxyl groups is 2. The number of esters is 1. The van der Waals surface area contributed by atoms with Crippen molar-refractivity contribution in [3.63, 3.8) is 0 Å². The van der Waals surface area contributed by atoms with Gasteiger partial charge in [-0.25, -0.2) is 4.79 Å². The molecule has 1 aromatic carbocycles. The maximum atomic E-state index is 13.3. The van der Waals surface area contributed by atoms with E-state index in [2.05, 4.69) is 0 Å². The summed E-state index contributed by atoms with van der Waals surface area (Å²) in [6, 6.07) is 4.94. The van der Waals surface area contributed by atoms with Crippen LogP contribution in [-0.4, -0.2) is 50.2 Å². The smallest absolute Gasteiger partial charge is 0.354 e. The quantitative estimate of drug-likeness (QED) is 0.406. The van der Waals surface area contributed by atoms with Crippen LogP contribution >= 0.6 is 11.5 Å². The molecule has 4 atom stereocenters. The van der Waals surface area contributed by atoms with Gasteiger partial charge >= 0.3 is 5.97 Å². The molecule has 0 saturated carbocycles. The lowest BCUT2D eigenvalue weighted by Gasteiger charge is -2.46. The Morgan fingerprint density at radius 2 is 2.09 bits per heavy atom. The average Bonchev–Trinajstić information content (AvgIpc) is 3.50. The summed E-state index contributed by atoms with van der Waals surface area (Å²) in [5.74, 6) is -1.79. The molecule has 4 unspecified atom stereocenters. The normalized spacial score (nSPS) is 22.8. The van der Waals surface area contributed by atoms with E-state index in [1.54, 1.807) is 35.3 Å². The van der Waals surface area contributed by atoms with Gasteiger partial charge in [0.2, 0.25) is 5.91 Å². The number of carbonyl (C=O) groups excluding carboxylic acids is 2. The molecule has 1 fully saturated rings. The second-order valence-corrected chi connectivity index (χ2v) is 9.79. The number of methoxy groups -OCH3 is 1. The van der Waals surface area contributed by atoms with E-state index in [0.717, 1.165) is 5.56 Å². The van der Waals surface area contributed by atoms with Gasteiger partial charge in [0.1, 0.15) is 5.70 Å². The average molecular weight is 485 g/mol. The van der Waals surface area contributed by atoms with Crippen LogP contribution in [0.4, 0.5) is 0 Å². The van der Waals surface area contributed by atoms with Crippen molar-refractivity contribution in [2.75, 3.05) is 7.11 Å². The molecule has 9 nitrogen and oxygen atoms in total. The third kappa shape index (κ3) is 3.17. The van der Waals surface area contributed by atoms with Crippen molar-refractivity contribution in [1.29, 1.82) is 0 Å². The molecule has 1 amide bonds. The van der Waals surface area contributed by atoms with Gasteiger partial charge in [0.15, 0.2) is 0 Å². The predicted octanol–water partition coefficient (Wildman–Crippen LogP) is 2.10. The Morgan fingerprint density at radius 1 is 1.32 bits per heavy atom. The van der Waals surface area contributed by atoms with E-state index in [9.17, 15) is 24.6 Å². The second kappa shape index (κ2) is 8.23. The summed E-state index contributed by atoms with van der Waals surface area (Å²) in [6.07, 6.45) is 2.23. The molecule has 34 heavy (non-hydrogen) atoms. The number of hydrogen-bond acceptors (Lipinski definition) is 8. The Morgan fingerprint density at radius 3 is 2.71 bits per heavy atom. The van der Waals surface area contributed by atoms with Crippen LogP contribution in [0.3, 0.4) is 0 Å². The molecule has 2 aromatic heterocycles. The zero-order chi connectivity index (χ0) is 24.3. The first-order valence-corrected chi connectivity index (χ1v) is 11.7. The fraction of sp³-hybridized carbons (Fsp3) is 0.375. The molecule has 2 N–H and O–H groups in total. The minimum absolute atomic E-state index is 0.117. The predicted molar refractivity (Wildman–Crippen MR) is 124 cm³/mol. The first-order chi connectivity index (χ1) is 16.3. The van der Waals surface area contributed by atoms with Crippen molar-refractivity contribution in [1.82, 2.24) is 8.86 Å². The maximum Gasteiger partial charge on any atom is 0.354 e. The van der Waals surface area contributed by atoms with E-state index < -0.39 is 18.0 Å². The summed E-state index contributed by atoms with van der Waals surface area (Å²) in [5, 5.41) is 20.5. The number of hydrogen-bond donors (Lipinski definition) is 2. The van der Waals surface area contributed by atoms with Gasteiger partial charge in [0.25, 0.3) is 5.56 Å². The number of aromatic nitrogens is 1. The summed E-state index contributed by atoms with van der Waals surface area (Å²) in [6.45, 7) is 3.38. The molecule has 0 radical (unpaired) electrons. The third-order valence-corrected chi connectivity index (χ3v) is 7.93. The highest BCUT2D eigenvalue weighted by molar-refractivity contribution is 7.13. The number of carbonyl (C=O) groups is 2. The first-order valence-electron chi connectivity index (χ1n) is 10.9. The molecule has 4 heterocycles. The van der Waals surface area contributed by atoms with Gasteiger partial charge in [-0.1, -0.05) is 18.5 Å². The Labute approximate surface area is 198 Å². The van der Waals surface area contributed by atoms with Gasteiger partial charge in [-0.3, -0.25) is 13.5 Å². The van der Waals surface area contributed by atoms with E-state index in [-0.39, 0.29) is 42.3 Å². The van der Waals surface area contributed by atoms with Gasteiger partial charge in [0, 0.05) is 11.5 Å². The van der Waals surface area contributed by atoms with Gasteiger partial charge in [-0.2, -0.15) is 0 Å². The highest BCUT2D eigenvalue weighted by Gasteiger charge is 2.59. The van der Waals surface area contributed by atoms with Gasteiger partial charge in [0.05, 0.1) is 60.9 Å². The summed E-state index contributed by atoms with van der Waals surface area (Å²) in [5.41, 5.74) is 2.69. The Kier molecular flexibility index (Phi) is 5.46. The van der Waals surface area contributed by atoms with Crippen molar-refractivity contribution in [3.05, 3.63) is 57.9 Å². The van der Waals surface area contributed by atoms with Gasteiger partial charge in [-0.15, -0.1) is 0 Å². The van der Waals surface area contributed by atoms with E-state index in [4.69, 9.17) is 9.15 Å². The molecular formula is C24H24N2O7S. The third-order valence-electron chi connectivity index (χ3n) is 6.88. The van der Waals surface area contributed by atoms with Crippen molar-refractivity contribution in [2.45, 2.75) is 39.1 Å². The van der Waals surface area contributed by atoms with Gasteiger partial charge < -0.3 is 24.3 Å². The molecular weight excluding hydrogens is 460 g/mol. The minimum Gasteiger partial charge on any atom is -0.472 e. The number of fused-ring (bicyclic) bond motifs is 2. The number of ether oxygens (including phenoxy) is 1. The molecule has 0 aliphatic carbocycles. The molecule has 0 bridgehead atoms. The standard InChI is InChI=1S/C24H24N2O7S/c1-11-17(21(24(31)32-3)26-20(11)19(12(2)28)23(26)30)8-25-22(29)16-7-15(13-4-5-33-10-13)14(9-27)6-18(16)34-25/h4-7,10-12,19-20,27-28H,8-9H2,1-3H3. The highest BCUT2D eigenvalue weighted by Crippen LogP contribution is 2.48. The van der Waals surface area contributed by atoms with Crippen molar-refractivity contribution < 1.29 is 29.0 Å². The number of β-lactam (4-membered cyclic amide) rings is 1. The molecule has 10 heteroatoms. The monoisotopic (exact) mass is 484 g/mol. The number of benzene rings is 1. The molecule has 0 spiro atoms. The van der Waals surface area contributed by atoms with E-state index in [0.29, 0.717) is 26.8 Å². The summed E-state index contributed by atoms with van der Waals surface area (Å²) in [7, 11) is 1.25. The summed E-state index contributed by atoms with van der Waals surface area (Å²) in [4.78, 5) is 40.1.